The van der Waals surface area contributed by atoms with Crippen LogP contribution in [-0.4, -0.2) is 0 Å². The summed E-state index contributed by atoms with van der Waals surface area (Å²) in [6.45, 7) is 0. The van der Waals surface area contributed by atoms with Gasteiger partial charge in [0.15, 0.2) is 0 Å². The molecule has 9 aromatic carbocycles. The molecule has 0 atom stereocenters. The molecule has 9 aromatic rings. The van der Waals surface area contributed by atoms with Crippen LogP contribution in [0.2, 0.25) is 0 Å². The van der Waals surface area contributed by atoms with Gasteiger partial charge in [-0.3, -0.25) is 0 Å². The Bertz CT molecular complexity index is 2350. The first-order valence-electron chi connectivity index (χ1n) is 18.8. The van der Waals surface area contributed by atoms with Gasteiger partial charge in [0.05, 0.1) is 0 Å². The standard InChI is InChI=1S/C54H39N/c1-7-19-40(20-8-1)49-34-31-46(37-52(49)43-25-13-4-14-26-43)55(47-32-35-50(41-21-9-2-10-22-41)53(38-47)44-27-15-5-16-28-44)48-33-36-51(42-23-11-3-12-24-42)54(39-48)45-29-17-6-18-30-45/h1-39H. The molecule has 0 radical (unpaired) electrons. The Kier molecular flexibility index (Phi) is 9.41. The summed E-state index contributed by atoms with van der Waals surface area (Å²) < 4.78 is 0. The van der Waals surface area contributed by atoms with Crippen molar-refractivity contribution in [2.45, 2.75) is 0 Å². The van der Waals surface area contributed by atoms with Crippen molar-refractivity contribution in [1.82, 2.24) is 0 Å². The van der Waals surface area contributed by atoms with Gasteiger partial charge in [-0.1, -0.05) is 200 Å². The van der Waals surface area contributed by atoms with Crippen molar-refractivity contribution in [1.29, 1.82) is 0 Å². The fourth-order valence-corrected chi connectivity index (χ4v) is 7.64. The van der Waals surface area contributed by atoms with Crippen molar-refractivity contribution >= 4 is 17.1 Å². The summed E-state index contributed by atoms with van der Waals surface area (Å²) in [4.78, 5) is 2.42. The average molecular weight is 702 g/mol. The number of hydrogen-bond donors (Lipinski definition) is 0. The van der Waals surface area contributed by atoms with Gasteiger partial charge in [-0.05, 0) is 103 Å². The van der Waals surface area contributed by atoms with Crippen molar-refractivity contribution in [2.75, 3.05) is 4.90 Å². The summed E-state index contributed by atoms with van der Waals surface area (Å²) in [6, 6.07) is 85.1. The topological polar surface area (TPSA) is 3.24 Å². The molecule has 0 aliphatic heterocycles. The van der Waals surface area contributed by atoms with E-state index in [1.54, 1.807) is 0 Å². The van der Waals surface area contributed by atoms with E-state index in [0.717, 1.165) is 17.1 Å². The van der Waals surface area contributed by atoms with Crippen LogP contribution in [0.25, 0.3) is 66.8 Å². The Labute approximate surface area is 324 Å². The monoisotopic (exact) mass is 701 g/mol. The molecule has 0 spiro atoms. The molecule has 0 N–H and O–H groups in total. The van der Waals surface area contributed by atoms with Gasteiger partial charge in [0, 0.05) is 17.1 Å². The molecule has 0 amide bonds. The smallest absolute Gasteiger partial charge is 0.0468 e. The average Bonchev–Trinajstić information content (AvgIpc) is 3.28. The lowest BCUT2D eigenvalue weighted by Gasteiger charge is -2.29. The van der Waals surface area contributed by atoms with Crippen molar-refractivity contribution in [2.24, 2.45) is 0 Å². The molecule has 0 aromatic heterocycles. The minimum atomic E-state index is 1.08. The zero-order valence-corrected chi connectivity index (χ0v) is 30.5. The quantitative estimate of drug-likeness (QED) is 0.145. The number of nitrogens with zero attached hydrogens (tertiary/aromatic N) is 1. The molecule has 9 rings (SSSR count). The Morgan fingerprint density at radius 1 is 0.182 bits per heavy atom. The molecule has 0 saturated heterocycles. The minimum Gasteiger partial charge on any atom is -0.310 e. The maximum atomic E-state index is 2.42. The van der Waals surface area contributed by atoms with Crippen LogP contribution in [0.5, 0.6) is 0 Å². The predicted molar refractivity (Wildman–Crippen MR) is 234 cm³/mol. The molecule has 0 aliphatic rings. The Balaban J connectivity index is 1.31. The van der Waals surface area contributed by atoms with Crippen LogP contribution in [0.4, 0.5) is 17.1 Å². The molecular formula is C54H39N. The summed E-state index contributed by atoms with van der Waals surface area (Å²) in [5, 5.41) is 0. The summed E-state index contributed by atoms with van der Waals surface area (Å²) in [6.07, 6.45) is 0. The lowest BCUT2D eigenvalue weighted by molar-refractivity contribution is 1.28. The Hall–Kier alpha value is -7.22. The summed E-state index contributed by atoms with van der Waals surface area (Å²) >= 11 is 0. The van der Waals surface area contributed by atoms with E-state index in [4.69, 9.17) is 0 Å². The fraction of sp³-hybridized carbons (Fsp3) is 0. The SMILES string of the molecule is c1ccc(-c2ccc(N(c3ccc(-c4ccccc4)c(-c4ccccc4)c3)c3ccc(-c4ccccc4)c(-c4ccccc4)c3)cc2-c2ccccc2)cc1. The van der Waals surface area contributed by atoms with E-state index in [1.165, 1.54) is 66.8 Å². The van der Waals surface area contributed by atoms with Gasteiger partial charge in [-0.2, -0.15) is 0 Å². The molecule has 55 heavy (non-hydrogen) atoms. The maximum absolute atomic E-state index is 2.42. The first kappa shape index (κ1) is 33.6. The number of benzene rings is 9. The third-order valence-corrected chi connectivity index (χ3v) is 10.3. The van der Waals surface area contributed by atoms with E-state index in [9.17, 15) is 0 Å². The van der Waals surface area contributed by atoms with Gasteiger partial charge in [-0.15, -0.1) is 0 Å². The summed E-state index contributed by atoms with van der Waals surface area (Å²) in [5.74, 6) is 0. The minimum absolute atomic E-state index is 1.08. The lowest BCUT2D eigenvalue weighted by atomic mass is 9.91. The van der Waals surface area contributed by atoms with Crippen molar-refractivity contribution in [3.05, 3.63) is 237 Å². The molecule has 1 heteroatoms. The second-order valence-corrected chi connectivity index (χ2v) is 13.7. The van der Waals surface area contributed by atoms with Gasteiger partial charge >= 0.3 is 0 Å². The maximum Gasteiger partial charge on any atom is 0.0468 e. The Morgan fingerprint density at radius 3 is 0.600 bits per heavy atom. The molecule has 0 unspecified atom stereocenters. The molecule has 0 bridgehead atoms. The molecule has 0 fully saturated rings. The van der Waals surface area contributed by atoms with E-state index in [0.29, 0.717) is 0 Å². The Morgan fingerprint density at radius 2 is 0.382 bits per heavy atom. The zero-order chi connectivity index (χ0) is 36.8. The summed E-state index contributed by atoms with van der Waals surface area (Å²) in [7, 11) is 0. The van der Waals surface area contributed by atoms with Crippen molar-refractivity contribution in [3.63, 3.8) is 0 Å². The zero-order valence-electron chi connectivity index (χ0n) is 30.5. The molecule has 0 aliphatic carbocycles. The number of anilines is 3. The van der Waals surface area contributed by atoms with E-state index >= 15 is 0 Å². The lowest BCUT2D eigenvalue weighted by Crippen LogP contribution is -2.11. The highest BCUT2D eigenvalue weighted by Gasteiger charge is 2.20. The van der Waals surface area contributed by atoms with Gasteiger partial charge in [0.2, 0.25) is 0 Å². The van der Waals surface area contributed by atoms with Crippen LogP contribution in [0.3, 0.4) is 0 Å². The van der Waals surface area contributed by atoms with Crippen LogP contribution in [-0.2, 0) is 0 Å². The van der Waals surface area contributed by atoms with Gasteiger partial charge in [0.1, 0.15) is 0 Å². The van der Waals surface area contributed by atoms with Crippen LogP contribution < -0.4 is 4.90 Å². The largest absolute Gasteiger partial charge is 0.310 e. The van der Waals surface area contributed by atoms with Crippen LogP contribution in [0, 0.1) is 0 Å². The first-order valence-corrected chi connectivity index (χ1v) is 18.8. The van der Waals surface area contributed by atoms with Gasteiger partial charge in [-0.25, -0.2) is 0 Å². The van der Waals surface area contributed by atoms with Gasteiger partial charge in [0.25, 0.3) is 0 Å². The van der Waals surface area contributed by atoms with Crippen molar-refractivity contribution < 1.29 is 0 Å². The molecule has 0 saturated carbocycles. The number of hydrogen-bond acceptors (Lipinski definition) is 1. The molecule has 0 heterocycles. The summed E-state index contributed by atoms with van der Waals surface area (Å²) in [5.41, 5.74) is 17.5. The van der Waals surface area contributed by atoms with E-state index in [1.807, 2.05) is 0 Å². The fourth-order valence-electron chi connectivity index (χ4n) is 7.64. The third-order valence-electron chi connectivity index (χ3n) is 10.3. The van der Waals surface area contributed by atoms with E-state index in [-0.39, 0.29) is 0 Å². The predicted octanol–water partition coefficient (Wildman–Crippen LogP) is 15.2. The van der Waals surface area contributed by atoms with Crippen LogP contribution in [0.1, 0.15) is 0 Å². The van der Waals surface area contributed by atoms with Crippen LogP contribution in [0.15, 0.2) is 237 Å². The third kappa shape index (κ3) is 7.00. The van der Waals surface area contributed by atoms with E-state index < -0.39 is 0 Å². The van der Waals surface area contributed by atoms with E-state index in [2.05, 4.69) is 241 Å². The van der Waals surface area contributed by atoms with Gasteiger partial charge < -0.3 is 4.90 Å². The molecule has 1 nitrogen and oxygen atoms in total. The second kappa shape index (κ2) is 15.4. The molecule has 260 valence electrons. The highest BCUT2D eigenvalue weighted by molar-refractivity contribution is 5.94. The van der Waals surface area contributed by atoms with Crippen LogP contribution >= 0.6 is 0 Å². The highest BCUT2D eigenvalue weighted by atomic mass is 15.1. The first-order chi connectivity index (χ1) is 27.3. The number of rotatable bonds is 9. The second-order valence-electron chi connectivity index (χ2n) is 13.7. The normalized spacial score (nSPS) is 10.9. The van der Waals surface area contributed by atoms with Crippen molar-refractivity contribution in [3.8, 4) is 66.8 Å². The highest BCUT2D eigenvalue weighted by Crippen LogP contribution is 2.45. The molecular weight excluding hydrogens is 663 g/mol.